The largest absolute Gasteiger partial charge is 0.342 e. The molecule has 6 heteroatoms. The minimum absolute atomic E-state index is 0.00264. The first-order chi connectivity index (χ1) is 15.0. The number of para-hydroxylation sites is 1. The van der Waals surface area contributed by atoms with E-state index in [1.165, 1.54) is 0 Å². The van der Waals surface area contributed by atoms with Gasteiger partial charge in [-0.2, -0.15) is 0 Å². The van der Waals surface area contributed by atoms with Crippen molar-refractivity contribution in [3.8, 4) is 0 Å². The molecule has 2 fully saturated rings. The summed E-state index contributed by atoms with van der Waals surface area (Å²) in [5, 5.41) is 0. The van der Waals surface area contributed by atoms with Crippen LogP contribution in [0, 0.1) is 11.8 Å². The molecule has 1 atom stereocenters. The van der Waals surface area contributed by atoms with Gasteiger partial charge >= 0.3 is 0 Å². The monoisotopic (exact) mass is 419 g/mol. The third-order valence-corrected chi connectivity index (χ3v) is 6.34. The summed E-state index contributed by atoms with van der Waals surface area (Å²) < 4.78 is 0. The lowest BCUT2D eigenvalue weighted by molar-refractivity contribution is -0.142. The Morgan fingerprint density at radius 3 is 2.19 bits per heavy atom. The van der Waals surface area contributed by atoms with Crippen LogP contribution in [-0.4, -0.2) is 54.2 Å². The van der Waals surface area contributed by atoms with E-state index in [9.17, 15) is 14.4 Å². The Balaban J connectivity index is 1.29. The quantitative estimate of drug-likeness (QED) is 0.749. The lowest BCUT2D eigenvalue weighted by Gasteiger charge is -2.34. The Labute approximate surface area is 183 Å². The number of likely N-dealkylation sites (tertiary alicyclic amines) is 1. The molecular weight excluding hydrogens is 390 g/mol. The predicted molar refractivity (Wildman–Crippen MR) is 119 cm³/mol. The summed E-state index contributed by atoms with van der Waals surface area (Å²) in [6, 6.07) is 19.5. The van der Waals surface area contributed by atoms with Crippen LogP contribution in [0.5, 0.6) is 0 Å². The topological polar surface area (TPSA) is 60.9 Å². The van der Waals surface area contributed by atoms with Crippen molar-refractivity contribution in [1.29, 1.82) is 0 Å². The first kappa shape index (κ1) is 21.1. The number of amides is 3. The maximum absolute atomic E-state index is 13.0. The van der Waals surface area contributed by atoms with Crippen LogP contribution < -0.4 is 4.90 Å². The van der Waals surface area contributed by atoms with Crippen molar-refractivity contribution in [2.75, 3.05) is 31.6 Å². The molecule has 0 saturated carbocycles. The fraction of sp³-hybridized carbons (Fsp3) is 0.400. The minimum atomic E-state index is -0.305. The molecule has 0 aliphatic carbocycles. The van der Waals surface area contributed by atoms with Crippen molar-refractivity contribution in [1.82, 2.24) is 9.80 Å². The SMILES string of the molecule is CN(Cc1ccccc1)C(=O)C1CCN(C(=O)C2CC(=O)N(c3ccccc3)C2)CC1. The van der Waals surface area contributed by atoms with Crippen LogP contribution >= 0.6 is 0 Å². The lowest BCUT2D eigenvalue weighted by atomic mass is 9.94. The molecule has 6 nitrogen and oxygen atoms in total. The molecule has 4 rings (SSSR count). The van der Waals surface area contributed by atoms with Gasteiger partial charge in [0, 0.05) is 51.3 Å². The molecule has 31 heavy (non-hydrogen) atoms. The fourth-order valence-corrected chi connectivity index (χ4v) is 4.58. The Morgan fingerprint density at radius 2 is 1.55 bits per heavy atom. The molecule has 0 radical (unpaired) electrons. The van der Waals surface area contributed by atoms with E-state index in [1.807, 2.05) is 72.6 Å². The smallest absolute Gasteiger partial charge is 0.228 e. The normalized spacial score (nSPS) is 19.5. The highest BCUT2D eigenvalue weighted by molar-refractivity contribution is 6.00. The highest BCUT2D eigenvalue weighted by Crippen LogP contribution is 2.28. The Kier molecular flexibility index (Phi) is 6.35. The summed E-state index contributed by atoms with van der Waals surface area (Å²) in [6.45, 7) is 2.17. The van der Waals surface area contributed by atoms with Gasteiger partial charge in [-0.25, -0.2) is 0 Å². The van der Waals surface area contributed by atoms with Gasteiger partial charge in [0.15, 0.2) is 0 Å². The number of nitrogens with zero attached hydrogens (tertiary/aromatic N) is 3. The van der Waals surface area contributed by atoms with Gasteiger partial charge in [-0.05, 0) is 30.5 Å². The lowest BCUT2D eigenvalue weighted by Crippen LogP contribution is -2.45. The van der Waals surface area contributed by atoms with Crippen LogP contribution in [0.15, 0.2) is 60.7 Å². The van der Waals surface area contributed by atoms with Crippen LogP contribution in [0.1, 0.15) is 24.8 Å². The molecule has 0 aromatic heterocycles. The molecule has 0 spiro atoms. The molecule has 2 aliphatic heterocycles. The third-order valence-electron chi connectivity index (χ3n) is 6.34. The van der Waals surface area contributed by atoms with E-state index in [1.54, 1.807) is 9.80 Å². The number of hydrogen-bond donors (Lipinski definition) is 0. The van der Waals surface area contributed by atoms with E-state index in [0.717, 1.165) is 11.3 Å². The van der Waals surface area contributed by atoms with Crippen molar-refractivity contribution in [2.45, 2.75) is 25.8 Å². The number of rotatable bonds is 5. The highest BCUT2D eigenvalue weighted by Gasteiger charge is 2.38. The molecule has 0 N–H and O–H groups in total. The molecule has 2 aliphatic rings. The fourth-order valence-electron chi connectivity index (χ4n) is 4.58. The van der Waals surface area contributed by atoms with Gasteiger partial charge in [-0.1, -0.05) is 48.5 Å². The average Bonchev–Trinajstić information content (AvgIpc) is 3.21. The summed E-state index contributed by atoms with van der Waals surface area (Å²) in [5.74, 6) is -0.181. The van der Waals surface area contributed by atoms with Crippen molar-refractivity contribution in [3.63, 3.8) is 0 Å². The number of carbonyl (C=O) groups excluding carboxylic acids is 3. The maximum Gasteiger partial charge on any atom is 0.228 e. The molecule has 0 bridgehead atoms. The molecule has 2 aromatic carbocycles. The molecule has 1 unspecified atom stereocenters. The number of benzene rings is 2. The third kappa shape index (κ3) is 4.79. The highest BCUT2D eigenvalue weighted by atomic mass is 16.2. The number of piperidine rings is 1. The second kappa shape index (κ2) is 9.33. The van der Waals surface area contributed by atoms with Gasteiger partial charge in [-0.3, -0.25) is 14.4 Å². The van der Waals surface area contributed by atoms with Crippen LogP contribution in [0.2, 0.25) is 0 Å². The van der Waals surface area contributed by atoms with Gasteiger partial charge in [0.25, 0.3) is 0 Å². The van der Waals surface area contributed by atoms with E-state index < -0.39 is 0 Å². The van der Waals surface area contributed by atoms with Crippen LogP contribution in [0.3, 0.4) is 0 Å². The van der Waals surface area contributed by atoms with Gasteiger partial charge < -0.3 is 14.7 Å². The van der Waals surface area contributed by atoms with Crippen molar-refractivity contribution < 1.29 is 14.4 Å². The Morgan fingerprint density at radius 1 is 0.935 bits per heavy atom. The number of hydrogen-bond acceptors (Lipinski definition) is 3. The van der Waals surface area contributed by atoms with Gasteiger partial charge in [0.2, 0.25) is 17.7 Å². The average molecular weight is 420 g/mol. The summed E-state index contributed by atoms with van der Waals surface area (Å²) in [4.78, 5) is 43.6. The van der Waals surface area contributed by atoms with Crippen molar-refractivity contribution in [2.24, 2.45) is 11.8 Å². The summed E-state index contributed by atoms with van der Waals surface area (Å²) in [5.41, 5.74) is 1.95. The number of carbonyl (C=O) groups is 3. The second-order valence-electron chi connectivity index (χ2n) is 8.52. The van der Waals surface area contributed by atoms with E-state index >= 15 is 0 Å². The van der Waals surface area contributed by atoms with Crippen LogP contribution in [0.4, 0.5) is 5.69 Å². The molecule has 2 aromatic rings. The van der Waals surface area contributed by atoms with Gasteiger partial charge in [-0.15, -0.1) is 0 Å². The zero-order valence-corrected chi connectivity index (χ0v) is 17.9. The Bertz CT molecular complexity index is 924. The van der Waals surface area contributed by atoms with Crippen molar-refractivity contribution >= 4 is 23.4 Å². The van der Waals surface area contributed by atoms with E-state index in [2.05, 4.69) is 0 Å². The molecule has 3 amide bonds. The zero-order valence-electron chi connectivity index (χ0n) is 17.9. The van der Waals surface area contributed by atoms with Crippen LogP contribution in [-0.2, 0) is 20.9 Å². The van der Waals surface area contributed by atoms with E-state index in [0.29, 0.717) is 39.0 Å². The zero-order chi connectivity index (χ0) is 21.8. The molecular formula is C25H29N3O3. The van der Waals surface area contributed by atoms with E-state index in [-0.39, 0.29) is 36.0 Å². The van der Waals surface area contributed by atoms with Crippen LogP contribution in [0.25, 0.3) is 0 Å². The molecule has 2 heterocycles. The summed E-state index contributed by atoms with van der Waals surface area (Å²) >= 11 is 0. The molecule has 2 saturated heterocycles. The standard InChI is InChI=1S/C25H29N3O3/c1-26(17-19-8-4-2-5-9-19)24(30)20-12-14-27(15-13-20)25(31)21-16-23(29)28(18-21)22-10-6-3-7-11-22/h2-11,20-21H,12-18H2,1H3. The van der Waals surface area contributed by atoms with Crippen molar-refractivity contribution in [3.05, 3.63) is 66.2 Å². The maximum atomic E-state index is 13.0. The molecule has 162 valence electrons. The van der Waals surface area contributed by atoms with Gasteiger partial charge in [0.05, 0.1) is 5.92 Å². The Hall–Kier alpha value is -3.15. The summed E-state index contributed by atoms with van der Waals surface area (Å²) in [6.07, 6.45) is 1.60. The number of anilines is 1. The predicted octanol–water partition coefficient (Wildman–Crippen LogP) is 2.94. The first-order valence-corrected chi connectivity index (χ1v) is 11.0. The second-order valence-corrected chi connectivity index (χ2v) is 8.52. The van der Waals surface area contributed by atoms with E-state index in [4.69, 9.17) is 0 Å². The minimum Gasteiger partial charge on any atom is -0.342 e. The summed E-state index contributed by atoms with van der Waals surface area (Å²) in [7, 11) is 1.84. The van der Waals surface area contributed by atoms with Gasteiger partial charge in [0.1, 0.15) is 0 Å². The first-order valence-electron chi connectivity index (χ1n) is 11.0.